The monoisotopic (exact) mass is 247 g/mol. The quantitative estimate of drug-likeness (QED) is 0.889. The summed E-state index contributed by atoms with van der Waals surface area (Å²) in [6.45, 7) is 0.183. The first-order chi connectivity index (χ1) is 7.07. The highest BCUT2D eigenvalue weighted by Crippen LogP contribution is 2.26. The van der Waals surface area contributed by atoms with E-state index in [1.165, 1.54) is 4.90 Å². The Kier molecular flexibility index (Phi) is 4.39. The first kappa shape index (κ1) is 12.3. The zero-order valence-electron chi connectivity index (χ0n) is 8.20. The maximum Gasteiger partial charge on any atom is 0.255 e. The number of aliphatic hydroxyl groups is 1. The van der Waals surface area contributed by atoms with E-state index in [0.717, 1.165) is 0 Å². The van der Waals surface area contributed by atoms with Crippen LogP contribution >= 0.6 is 23.2 Å². The molecule has 0 spiro atoms. The van der Waals surface area contributed by atoms with Crippen molar-refractivity contribution in [2.75, 3.05) is 20.2 Å². The smallest absolute Gasteiger partial charge is 0.255 e. The lowest BCUT2D eigenvalue weighted by molar-refractivity contribution is 0.0767. The van der Waals surface area contributed by atoms with Crippen molar-refractivity contribution in [3.8, 4) is 0 Å². The van der Waals surface area contributed by atoms with Crippen LogP contribution in [0.3, 0.4) is 0 Å². The third-order valence-corrected chi connectivity index (χ3v) is 2.78. The Balaban J connectivity index is 2.96. The Morgan fingerprint density at radius 3 is 2.73 bits per heavy atom. The fourth-order valence-corrected chi connectivity index (χ4v) is 1.51. The van der Waals surface area contributed by atoms with Gasteiger partial charge in [-0.15, -0.1) is 0 Å². The van der Waals surface area contributed by atoms with Gasteiger partial charge < -0.3 is 10.0 Å². The summed E-state index contributed by atoms with van der Waals surface area (Å²) in [6.07, 6.45) is 0. The first-order valence-electron chi connectivity index (χ1n) is 4.38. The lowest BCUT2D eigenvalue weighted by atomic mass is 10.2. The average Bonchev–Trinajstić information content (AvgIpc) is 2.21. The minimum absolute atomic E-state index is 0.0829. The number of rotatable bonds is 3. The Morgan fingerprint density at radius 2 is 2.13 bits per heavy atom. The molecule has 1 aromatic carbocycles. The van der Waals surface area contributed by atoms with Crippen LogP contribution in [0.4, 0.5) is 0 Å². The zero-order valence-corrected chi connectivity index (χ0v) is 9.72. The molecule has 0 unspecified atom stereocenters. The number of likely N-dealkylation sites (N-methyl/N-ethyl adjacent to an activating group) is 1. The summed E-state index contributed by atoms with van der Waals surface area (Å²) >= 11 is 11.7. The molecule has 0 fully saturated rings. The van der Waals surface area contributed by atoms with Gasteiger partial charge in [0.2, 0.25) is 0 Å². The molecular weight excluding hydrogens is 237 g/mol. The SMILES string of the molecule is CN(CCO)C(=O)c1cccc(Cl)c1Cl. The molecule has 1 amide bonds. The normalized spacial score (nSPS) is 10.1. The van der Waals surface area contributed by atoms with Crippen molar-refractivity contribution >= 4 is 29.1 Å². The van der Waals surface area contributed by atoms with Crippen molar-refractivity contribution in [1.29, 1.82) is 0 Å². The topological polar surface area (TPSA) is 40.5 Å². The molecule has 0 aliphatic rings. The van der Waals surface area contributed by atoms with E-state index in [0.29, 0.717) is 10.6 Å². The van der Waals surface area contributed by atoms with Crippen LogP contribution in [-0.4, -0.2) is 36.1 Å². The number of amides is 1. The molecule has 0 saturated carbocycles. The molecule has 1 aromatic rings. The van der Waals surface area contributed by atoms with E-state index in [2.05, 4.69) is 0 Å². The number of halogens is 2. The van der Waals surface area contributed by atoms with Gasteiger partial charge in [-0.1, -0.05) is 29.3 Å². The lowest BCUT2D eigenvalue weighted by Gasteiger charge is -2.16. The summed E-state index contributed by atoms with van der Waals surface area (Å²) in [4.78, 5) is 13.2. The van der Waals surface area contributed by atoms with E-state index >= 15 is 0 Å². The Bertz CT molecular complexity index is 368. The number of nitrogens with zero attached hydrogens (tertiary/aromatic N) is 1. The summed E-state index contributed by atoms with van der Waals surface area (Å²) in [5.74, 6) is -0.253. The van der Waals surface area contributed by atoms with Gasteiger partial charge in [0.15, 0.2) is 0 Å². The predicted octanol–water partition coefficient (Wildman–Crippen LogP) is 2.06. The van der Waals surface area contributed by atoms with Gasteiger partial charge in [0.1, 0.15) is 0 Å². The Hall–Kier alpha value is -0.770. The van der Waals surface area contributed by atoms with Gasteiger partial charge in [-0.05, 0) is 12.1 Å². The van der Waals surface area contributed by atoms with E-state index in [4.69, 9.17) is 28.3 Å². The molecule has 0 atom stereocenters. The summed E-state index contributed by atoms with van der Waals surface area (Å²) < 4.78 is 0. The van der Waals surface area contributed by atoms with Gasteiger partial charge in [-0.3, -0.25) is 4.79 Å². The molecule has 0 aromatic heterocycles. The van der Waals surface area contributed by atoms with E-state index in [-0.39, 0.29) is 24.1 Å². The molecule has 15 heavy (non-hydrogen) atoms. The van der Waals surface area contributed by atoms with Crippen LogP contribution in [0.5, 0.6) is 0 Å². The number of carbonyl (C=O) groups excluding carboxylic acids is 1. The van der Waals surface area contributed by atoms with Crippen molar-refractivity contribution in [3.63, 3.8) is 0 Å². The molecule has 0 aliphatic heterocycles. The van der Waals surface area contributed by atoms with Crippen molar-refractivity contribution in [2.24, 2.45) is 0 Å². The minimum Gasteiger partial charge on any atom is -0.395 e. The standard InChI is InChI=1S/C10H11Cl2NO2/c1-13(5-6-14)10(15)7-3-2-4-8(11)9(7)12/h2-4,14H,5-6H2,1H3. The van der Waals surface area contributed by atoms with E-state index in [9.17, 15) is 4.79 Å². The minimum atomic E-state index is -0.253. The number of hydrogen-bond acceptors (Lipinski definition) is 2. The van der Waals surface area contributed by atoms with Crippen molar-refractivity contribution in [3.05, 3.63) is 33.8 Å². The maximum atomic E-state index is 11.8. The fourth-order valence-electron chi connectivity index (χ4n) is 1.13. The third-order valence-electron chi connectivity index (χ3n) is 1.96. The van der Waals surface area contributed by atoms with Gasteiger partial charge in [-0.25, -0.2) is 0 Å². The second-order valence-corrected chi connectivity index (χ2v) is 3.84. The second kappa shape index (κ2) is 5.35. The second-order valence-electron chi connectivity index (χ2n) is 3.05. The van der Waals surface area contributed by atoms with E-state index in [1.807, 2.05) is 0 Å². The predicted molar refractivity (Wildman–Crippen MR) is 60.5 cm³/mol. The van der Waals surface area contributed by atoms with Crippen LogP contribution in [0.2, 0.25) is 10.0 Å². The van der Waals surface area contributed by atoms with Crippen LogP contribution < -0.4 is 0 Å². The van der Waals surface area contributed by atoms with Crippen LogP contribution in [0.25, 0.3) is 0 Å². The Labute approximate surface area is 98.2 Å². The molecule has 0 heterocycles. The molecule has 1 N–H and O–H groups in total. The van der Waals surface area contributed by atoms with Gasteiger partial charge in [0, 0.05) is 13.6 Å². The fraction of sp³-hybridized carbons (Fsp3) is 0.300. The van der Waals surface area contributed by atoms with Gasteiger partial charge in [0.25, 0.3) is 5.91 Å². The number of benzene rings is 1. The molecule has 3 nitrogen and oxygen atoms in total. The summed E-state index contributed by atoms with van der Waals surface area (Å²) in [5, 5.41) is 9.29. The van der Waals surface area contributed by atoms with Crippen LogP contribution in [0.1, 0.15) is 10.4 Å². The van der Waals surface area contributed by atoms with E-state index in [1.54, 1.807) is 25.2 Å². The first-order valence-corrected chi connectivity index (χ1v) is 5.14. The molecule has 1 rings (SSSR count). The molecular formula is C10H11Cl2NO2. The number of aliphatic hydroxyl groups excluding tert-OH is 1. The highest BCUT2D eigenvalue weighted by atomic mass is 35.5. The molecule has 5 heteroatoms. The summed E-state index contributed by atoms with van der Waals surface area (Å²) in [7, 11) is 1.59. The highest BCUT2D eigenvalue weighted by Gasteiger charge is 2.15. The van der Waals surface area contributed by atoms with Crippen molar-refractivity contribution in [1.82, 2.24) is 4.90 Å². The zero-order chi connectivity index (χ0) is 11.4. The number of hydrogen-bond donors (Lipinski definition) is 1. The Morgan fingerprint density at radius 1 is 1.47 bits per heavy atom. The van der Waals surface area contributed by atoms with Crippen molar-refractivity contribution < 1.29 is 9.90 Å². The van der Waals surface area contributed by atoms with Crippen LogP contribution in [0, 0.1) is 0 Å². The molecule has 82 valence electrons. The van der Waals surface area contributed by atoms with Gasteiger partial charge in [-0.2, -0.15) is 0 Å². The highest BCUT2D eigenvalue weighted by molar-refractivity contribution is 6.43. The number of carbonyl (C=O) groups is 1. The lowest BCUT2D eigenvalue weighted by Crippen LogP contribution is -2.29. The molecule has 0 saturated heterocycles. The van der Waals surface area contributed by atoms with Gasteiger partial charge in [0.05, 0.1) is 22.2 Å². The van der Waals surface area contributed by atoms with Crippen molar-refractivity contribution in [2.45, 2.75) is 0 Å². The molecule has 0 radical (unpaired) electrons. The summed E-state index contributed by atoms with van der Waals surface area (Å²) in [5.41, 5.74) is 0.347. The largest absolute Gasteiger partial charge is 0.395 e. The van der Waals surface area contributed by atoms with E-state index < -0.39 is 0 Å². The average molecular weight is 248 g/mol. The van der Waals surface area contributed by atoms with Gasteiger partial charge >= 0.3 is 0 Å². The third kappa shape index (κ3) is 2.84. The van der Waals surface area contributed by atoms with Crippen LogP contribution in [-0.2, 0) is 0 Å². The summed E-state index contributed by atoms with van der Waals surface area (Å²) in [6, 6.07) is 4.88. The molecule has 0 aliphatic carbocycles. The maximum absolute atomic E-state index is 11.8. The van der Waals surface area contributed by atoms with Crippen LogP contribution in [0.15, 0.2) is 18.2 Å². The molecule has 0 bridgehead atoms.